The Bertz CT molecular complexity index is 327. The van der Waals surface area contributed by atoms with Crippen LogP contribution in [0.4, 0.5) is 5.69 Å². The van der Waals surface area contributed by atoms with Gasteiger partial charge in [-0.25, -0.2) is 0 Å². The maximum absolute atomic E-state index is 9.55. The minimum Gasteiger partial charge on any atom is -0.390 e. The zero-order valence-corrected chi connectivity index (χ0v) is 11.1. The molecule has 1 unspecified atom stereocenters. The summed E-state index contributed by atoms with van der Waals surface area (Å²) in [4.78, 5) is 2.08. The van der Waals surface area contributed by atoms with Gasteiger partial charge in [-0.15, -0.1) is 0 Å². The molecule has 0 aliphatic carbocycles. The second kappa shape index (κ2) is 5.52. The van der Waals surface area contributed by atoms with Crippen LogP contribution in [-0.2, 0) is 0 Å². The predicted octanol–water partition coefficient (Wildman–Crippen LogP) is 2.50. The molecule has 2 nitrogen and oxygen atoms in total. The van der Waals surface area contributed by atoms with E-state index in [1.54, 1.807) is 0 Å². The van der Waals surface area contributed by atoms with Crippen LogP contribution in [0.5, 0.6) is 0 Å². The van der Waals surface area contributed by atoms with Crippen LogP contribution in [0.3, 0.4) is 0 Å². The van der Waals surface area contributed by atoms with E-state index in [0.29, 0.717) is 11.9 Å². The van der Waals surface area contributed by atoms with Crippen molar-refractivity contribution in [1.29, 1.82) is 0 Å². The van der Waals surface area contributed by atoms with Gasteiger partial charge >= 0.3 is 0 Å². The van der Waals surface area contributed by atoms with Crippen molar-refractivity contribution in [2.24, 2.45) is 0 Å². The summed E-state index contributed by atoms with van der Waals surface area (Å²) in [6.45, 7) is 4.83. The first-order valence-corrected chi connectivity index (χ1v) is 6.19. The Balaban J connectivity index is 2.77. The molecule has 0 radical (unpaired) electrons. The smallest absolute Gasteiger partial charge is 0.0811 e. The lowest BCUT2D eigenvalue weighted by Crippen LogP contribution is -2.30. The van der Waals surface area contributed by atoms with Gasteiger partial charge in [-0.1, -0.05) is 33.6 Å². The molecule has 0 saturated carbocycles. The molecule has 0 spiro atoms. The zero-order valence-electron chi connectivity index (χ0n) is 9.50. The van der Waals surface area contributed by atoms with Crippen LogP contribution >= 0.6 is 15.9 Å². The molecule has 1 atom stereocenters. The average molecular weight is 272 g/mol. The molecule has 0 bridgehead atoms. The van der Waals surface area contributed by atoms with Gasteiger partial charge in [0, 0.05) is 24.6 Å². The molecule has 0 aliphatic heterocycles. The number of anilines is 1. The number of aliphatic hydroxyl groups excluding tert-OH is 1. The molecule has 1 N–H and O–H groups in total. The molecular formula is C12H18BrNO. The fourth-order valence-electron chi connectivity index (χ4n) is 1.70. The number of likely N-dealkylation sites (N-methyl/N-ethyl adjacent to an activating group) is 1. The highest BCUT2D eigenvalue weighted by atomic mass is 79.9. The third kappa shape index (κ3) is 3.50. The van der Waals surface area contributed by atoms with Crippen LogP contribution in [0.2, 0.25) is 0 Å². The molecule has 0 amide bonds. The lowest BCUT2D eigenvalue weighted by Gasteiger charge is -2.23. The van der Waals surface area contributed by atoms with Crippen LogP contribution in [0.15, 0.2) is 18.2 Å². The Labute approximate surface area is 100 Å². The summed E-state index contributed by atoms with van der Waals surface area (Å²) in [6, 6.07) is 6.36. The molecule has 0 fully saturated rings. The number of hydrogen-bond donors (Lipinski definition) is 1. The summed E-state index contributed by atoms with van der Waals surface area (Å²) in [7, 11) is 2.00. The number of aliphatic hydroxyl groups is 1. The average Bonchev–Trinajstić information content (AvgIpc) is 2.17. The van der Waals surface area contributed by atoms with Crippen molar-refractivity contribution < 1.29 is 5.11 Å². The minimum atomic E-state index is -0.323. The number of hydrogen-bond acceptors (Lipinski definition) is 2. The van der Waals surface area contributed by atoms with Crippen molar-refractivity contribution in [3.8, 4) is 0 Å². The highest BCUT2D eigenvalue weighted by molar-refractivity contribution is 9.09. The topological polar surface area (TPSA) is 23.5 Å². The first-order chi connectivity index (χ1) is 7.04. The molecule has 3 heteroatoms. The molecule has 84 valence electrons. The molecule has 0 saturated heterocycles. The number of alkyl halides is 1. The minimum absolute atomic E-state index is 0.323. The van der Waals surface area contributed by atoms with Crippen molar-refractivity contribution in [2.45, 2.75) is 20.0 Å². The van der Waals surface area contributed by atoms with E-state index in [4.69, 9.17) is 0 Å². The van der Waals surface area contributed by atoms with E-state index in [1.165, 1.54) is 16.8 Å². The maximum atomic E-state index is 9.55. The molecule has 0 aromatic heterocycles. The normalized spacial score (nSPS) is 12.6. The van der Waals surface area contributed by atoms with Crippen LogP contribution in [0.1, 0.15) is 11.1 Å². The Hall–Kier alpha value is -0.540. The fourth-order valence-corrected chi connectivity index (χ4v) is 1.90. The van der Waals surface area contributed by atoms with E-state index < -0.39 is 0 Å². The van der Waals surface area contributed by atoms with E-state index in [2.05, 4.69) is 52.9 Å². The molecule has 0 aliphatic rings. The van der Waals surface area contributed by atoms with E-state index >= 15 is 0 Å². The van der Waals surface area contributed by atoms with Gasteiger partial charge in [0.1, 0.15) is 0 Å². The van der Waals surface area contributed by atoms with Crippen LogP contribution < -0.4 is 4.90 Å². The van der Waals surface area contributed by atoms with Crippen molar-refractivity contribution in [2.75, 3.05) is 23.8 Å². The van der Waals surface area contributed by atoms with Crippen molar-refractivity contribution in [1.82, 2.24) is 0 Å². The van der Waals surface area contributed by atoms with Crippen LogP contribution in [-0.4, -0.2) is 30.1 Å². The summed E-state index contributed by atoms with van der Waals surface area (Å²) in [5, 5.41) is 10.2. The third-order valence-electron chi connectivity index (χ3n) is 2.43. The van der Waals surface area contributed by atoms with Gasteiger partial charge in [-0.05, 0) is 25.5 Å². The van der Waals surface area contributed by atoms with Gasteiger partial charge in [0.25, 0.3) is 0 Å². The summed E-state index contributed by atoms with van der Waals surface area (Å²) in [6.07, 6.45) is -0.323. The van der Waals surface area contributed by atoms with Gasteiger partial charge in [-0.3, -0.25) is 0 Å². The standard InChI is InChI=1S/C12H18BrNO/c1-9-4-5-12(10(2)6-9)14(3)8-11(15)7-13/h4-6,11,15H,7-8H2,1-3H3. The Morgan fingerprint density at radius 3 is 2.60 bits per heavy atom. The SMILES string of the molecule is Cc1ccc(N(C)CC(O)CBr)c(C)c1. The fraction of sp³-hybridized carbons (Fsp3) is 0.500. The number of rotatable bonds is 4. The lowest BCUT2D eigenvalue weighted by atomic mass is 10.1. The summed E-state index contributed by atoms with van der Waals surface area (Å²) in [5.41, 5.74) is 3.70. The molecule has 1 aromatic rings. The second-order valence-corrected chi connectivity index (χ2v) is 4.63. The van der Waals surface area contributed by atoms with E-state index in [1.807, 2.05) is 7.05 Å². The Kier molecular flexibility index (Phi) is 4.61. The molecular weight excluding hydrogens is 254 g/mol. The highest BCUT2D eigenvalue weighted by Gasteiger charge is 2.09. The third-order valence-corrected chi connectivity index (χ3v) is 3.17. The first-order valence-electron chi connectivity index (χ1n) is 5.07. The van der Waals surface area contributed by atoms with Crippen LogP contribution in [0, 0.1) is 13.8 Å². The first kappa shape index (κ1) is 12.5. The Morgan fingerprint density at radius 1 is 1.40 bits per heavy atom. The maximum Gasteiger partial charge on any atom is 0.0811 e. The lowest BCUT2D eigenvalue weighted by molar-refractivity contribution is 0.207. The monoisotopic (exact) mass is 271 g/mol. The van der Waals surface area contributed by atoms with Crippen LogP contribution in [0.25, 0.3) is 0 Å². The zero-order chi connectivity index (χ0) is 11.4. The number of halogens is 1. The van der Waals surface area contributed by atoms with Crippen molar-refractivity contribution in [3.63, 3.8) is 0 Å². The summed E-state index contributed by atoms with van der Waals surface area (Å²) < 4.78 is 0. The number of nitrogens with zero attached hydrogens (tertiary/aromatic N) is 1. The molecule has 1 aromatic carbocycles. The summed E-state index contributed by atoms with van der Waals surface area (Å²) >= 11 is 3.27. The van der Waals surface area contributed by atoms with Gasteiger partial charge in [-0.2, -0.15) is 0 Å². The highest BCUT2D eigenvalue weighted by Crippen LogP contribution is 2.20. The second-order valence-electron chi connectivity index (χ2n) is 3.98. The van der Waals surface area contributed by atoms with Gasteiger partial charge in [0.2, 0.25) is 0 Å². The van der Waals surface area contributed by atoms with E-state index in [0.717, 1.165) is 0 Å². The molecule has 15 heavy (non-hydrogen) atoms. The van der Waals surface area contributed by atoms with Gasteiger partial charge in [0.05, 0.1) is 6.10 Å². The van der Waals surface area contributed by atoms with Crippen molar-refractivity contribution in [3.05, 3.63) is 29.3 Å². The van der Waals surface area contributed by atoms with Gasteiger partial charge < -0.3 is 10.0 Å². The number of aryl methyl sites for hydroxylation is 2. The van der Waals surface area contributed by atoms with Crippen molar-refractivity contribution >= 4 is 21.6 Å². The largest absolute Gasteiger partial charge is 0.390 e. The molecule has 1 rings (SSSR count). The predicted molar refractivity (Wildman–Crippen MR) is 69.0 cm³/mol. The van der Waals surface area contributed by atoms with E-state index in [9.17, 15) is 5.11 Å². The quantitative estimate of drug-likeness (QED) is 0.851. The number of benzene rings is 1. The molecule has 0 heterocycles. The van der Waals surface area contributed by atoms with E-state index in [-0.39, 0.29) is 6.10 Å². The van der Waals surface area contributed by atoms with Gasteiger partial charge in [0.15, 0.2) is 0 Å². The Morgan fingerprint density at radius 2 is 2.07 bits per heavy atom. The summed E-state index contributed by atoms with van der Waals surface area (Å²) in [5.74, 6) is 0.